The van der Waals surface area contributed by atoms with Crippen molar-refractivity contribution in [2.24, 2.45) is 11.8 Å². The number of aryl methyl sites for hydroxylation is 1. The normalized spacial score (nSPS) is 15.4. The van der Waals surface area contributed by atoms with E-state index in [4.69, 9.17) is 35.8 Å². The Morgan fingerprint density at radius 1 is 0.734 bits per heavy atom. The van der Waals surface area contributed by atoms with Gasteiger partial charge in [-0.2, -0.15) is 44.3 Å². The molecule has 2 aliphatic heterocycles. The molecule has 0 radical (unpaired) electrons. The molecule has 7 rings (SSSR count). The summed E-state index contributed by atoms with van der Waals surface area (Å²) in [5, 5.41) is 27.7. The zero-order valence-corrected chi connectivity index (χ0v) is 35.2. The van der Waals surface area contributed by atoms with Crippen LogP contribution in [0.3, 0.4) is 0 Å². The molecule has 0 aliphatic carbocycles. The Morgan fingerprint density at radius 3 is 1.62 bits per heavy atom. The molecular formula is C40H40ClF6N13O4. The van der Waals surface area contributed by atoms with E-state index < -0.39 is 58.9 Å². The number of piperidine rings is 2. The van der Waals surface area contributed by atoms with Crippen molar-refractivity contribution in [1.82, 2.24) is 40.1 Å². The van der Waals surface area contributed by atoms with Gasteiger partial charge in [-0.15, -0.1) is 0 Å². The van der Waals surface area contributed by atoms with Crippen LogP contribution in [0.4, 0.5) is 49.7 Å². The number of pyridine rings is 2. The molecule has 5 aromatic heterocycles. The summed E-state index contributed by atoms with van der Waals surface area (Å²) in [5.41, 5.74) is 0.252. The number of aromatic amines is 1. The van der Waals surface area contributed by atoms with Gasteiger partial charge in [0.1, 0.15) is 23.0 Å². The van der Waals surface area contributed by atoms with Crippen LogP contribution >= 0.6 is 11.6 Å². The van der Waals surface area contributed by atoms with E-state index in [1.54, 1.807) is 15.9 Å². The van der Waals surface area contributed by atoms with Gasteiger partial charge in [-0.25, -0.2) is 17.6 Å². The van der Waals surface area contributed by atoms with Crippen LogP contribution in [0, 0.1) is 76.3 Å². The van der Waals surface area contributed by atoms with Crippen LogP contribution in [0.1, 0.15) is 55.0 Å². The van der Waals surface area contributed by atoms with Crippen LogP contribution < -0.4 is 24.6 Å². The summed E-state index contributed by atoms with van der Waals surface area (Å²) in [5.74, 6) is -6.31. The fraction of sp³-hybridized carbons (Fsp3) is 0.425. The number of rotatable bonds is 14. The average molecular weight is 916 g/mol. The molecule has 2 unspecified atom stereocenters. The van der Waals surface area contributed by atoms with Crippen molar-refractivity contribution >= 4 is 35.0 Å². The molecule has 2 saturated heterocycles. The molecular weight excluding hydrogens is 876 g/mol. The molecule has 24 heteroatoms. The molecule has 2 aliphatic rings. The minimum Gasteiger partial charge on any atom is -0.463 e. The summed E-state index contributed by atoms with van der Waals surface area (Å²) in [6.07, 6.45) is 1.45. The number of H-pyrrole nitrogens is 1. The standard InChI is InChI=1S/C22H23F3N8O2.C18H17ClF3N5O2/c1-12-7-17(32-31-12)28-22-29-20(33-5-3-13(9-26)4-6-33)18(25)21(30-22)35-16(11-34-2)19-15(24)8-14(23)10-27-19;1-28-9-13(15-12(21)6-11(20)8-24-15)29-17-14(22)16(25-18(19)26-17)27-4-2-10(7-23)3-5-27/h7-8,10,13,16H,3-6,11H2,1-2H3,(H2,28,29,30,31,32);6,8,10,13H,2-5,9H2,1H3. The van der Waals surface area contributed by atoms with Crippen molar-refractivity contribution < 1.29 is 45.3 Å². The minimum atomic E-state index is -1.22. The largest absolute Gasteiger partial charge is 0.463 e. The van der Waals surface area contributed by atoms with E-state index in [0.717, 1.165) is 18.1 Å². The average Bonchev–Trinajstić information content (AvgIpc) is 3.69. The number of halogens is 7. The van der Waals surface area contributed by atoms with Gasteiger partial charge in [-0.05, 0) is 44.2 Å². The molecule has 17 nitrogen and oxygen atoms in total. The zero-order valence-electron chi connectivity index (χ0n) is 34.5. The smallest absolute Gasteiger partial charge is 0.258 e. The molecule has 338 valence electrons. The molecule has 0 aromatic carbocycles. The monoisotopic (exact) mass is 915 g/mol. The predicted octanol–water partition coefficient (Wildman–Crippen LogP) is 7.02. The van der Waals surface area contributed by atoms with Gasteiger partial charge >= 0.3 is 0 Å². The number of anilines is 4. The fourth-order valence-corrected chi connectivity index (χ4v) is 6.86. The maximum absolute atomic E-state index is 15.6. The maximum atomic E-state index is 15.6. The minimum absolute atomic E-state index is 0.00555. The molecule has 2 atom stereocenters. The third-order valence-electron chi connectivity index (χ3n) is 9.91. The third-order valence-corrected chi connectivity index (χ3v) is 10.1. The van der Waals surface area contributed by atoms with Gasteiger partial charge in [-0.1, -0.05) is 0 Å². The second-order valence-corrected chi connectivity index (χ2v) is 14.8. The number of methoxy groups -OCH3 is 2. The summed E-state index contributed by atoms with van der Waals surface area (Å²) in [7, 11) is 2.69. The van der Waals surface area contributed by atoms with Gasteiger partial charge in [0, 0.05) is 76.1 Å². The lowest BCUT2D eigenvalue weighted by molar-refractivity contribution is 0.0695. The lowest BCUT2D eigenvalue weighted by Crippen LogP contribution is -2.35. The summed E-state index contributed by atoms with van der Waals surface area (Å²) in [4.78, 5) is 26.9. The van der Waals surface area contributed by atoms with Crippen molar-refractivity contribution in [3.05, 3.63) is 87.9 Å². The molecule has 2 N–H and O–H groups in total. The van der Waals surface area contributed by atoms with Crippen LogP contribution in [-0.4, -0.2) is 93.7 Å². The van der Waals surface area contributed by atoms with E-state index in [1.807, 2.05) is 6.92 Å². The first-order valence-electron chi connectivity index (χ1n) is 19.6. The van der Waals surface area contributed by atoms with Gasteiger partial charge in [0.15, 0.2) is 41.3 Å². The molecule has 0 saturated carbocycles. The first-order chi connectivity index (χ1) is 30.8. The lowest BCUT2D eigenvalue weighted by Gasteiger charge is -2.30. The Labute approximate surface area is 367 Å². The number of aromatic nitrogens is 8. The topological polar surface area (TPSA) is 209 Å². The highest BCUT2D eigenvalue weighted by molar-refractivity contribution is 6.28. The lowest BCUT2D eigenvalue weighted by atomic mass is 9.99. The highest BCUT2D eigenvalue weighted by Crippen LogP contribution is 2.34. The Hall–Kier alpha value is -6.56. The van der Waals surface area contributed by atoms with Gasteiger partial charge in [0.05, 0.1) is 37.7 Å². The number of nitrogens with zero attached hydrogens (tertiary/aromatic N) is 11. The predicted molar refractivity (Wildman–Crippen MR) is 215 cm³/mol. The zero-order chi connectivity index (χ0) is 45.9. The Balaban J connectivity index is 0.000000216. The number of nitriles is 2. The number of nitrogens with one attached hydrogen (secondary N) is 2. The van der Waals surface area contributed by atoms with Crippen LogP contribution in [0.2, 0.25) is 5.28 Å². The fourth-order valence-electron chi connectivity index (χ4n) is 6.71. The first kappa shape index (κ1) is 46.9. The summed E-state index contributed by atoms with van der Waals surface area (Å²) in [6, 6.07) is 7.43. The van der Waals surface area contributed by atoms with Crippen molar-refractivity contribution in [2.45, 2.75) is 44.8 Å². The SMILES string of the molecule is COCC(Oc1nc(Cl)nc(N2CCC(C#N)CC2)c1F)c1ncc(F)cc1F.COCC(Oc1nc(Nc2cc(C)[nH]n2)nc(N2CCC(C#N)CC2)c1F)c1ncc(F)cc1F. The van der Waals surface area contributed by atoms with Crippen molar-refractivity contribution in [2.75, 3.05) is 68.7 Å². The van der Waals surface area contributed by atoms with E-state index in [9.17, 15) is 22.8 Å². The number of hydrogen-bond donors (Lipinski definition) is 2. The van der Waals surface area contributed by atoms with E-state index in [0.29, 0.717) is 69.8 Å². The third kappa shape index (κ3) is 11.7. The number of ether oxygens (including phenoxy) is 4. The van der Waals surface area contributed by atoms with Gasteiger partial charge < -0.3 is 34.1 Å². The Bertz CT molecular complexity index is 2480. The Kier molecular flexibility index (Phi) is 15.9. The van der Waals surface area contributed by atoms with Crippen LogP contribution in [-0.2, 0) is 9.47 Å². The van der Waals surface area contributed by atoms with Crippen LogP contribution in [0.5, 0.6) is 11.8 Å². The van der Waals surface area contributed by atoms with Crippen molar-refractivity contribution in [1.29, 1.82) is 10.5 Å². The molecule has 0 spiro atoms. The molecule has 5 aromatic rings. The Morgan fingerprint density at radius 2 is 1.20 bits per heavy atom. The summed E-state index contributed by atoms with van der Waals surface area (Å²) in [6.45, 7) is 3.05. The molecule has 64 heavy (non-hydrogen) atoms. The summed E-state index contributed by atoms with van der Waals surface area (Å²) >= 11 is 5.94. The van der Waals surface area contributed by atoms with Crippen molar-refractivity contribution in [3.8, 4) is 23.9 Å². The number of hydrogen-bond acceptors (Lipinski definition) is 16. The van der Waals surface area contributed by atoms with Crippen LogP contribution in [0.25, 0.3) is 0 Å². The molecule has 2 fully saturated rings. The highest BCUT2D eigenvalue weighted by atomic mass is 35.5. The summed E-state index contributed by atoms with van der Waals surface area (Å²) < 4.78 is 107. The first-order valence-corrected chi connectivity index (χ1v) is 20.0. The van der Waals surface area contributed by atoms with Crippen LogP contribution in [0.15, 0.2) is 30.6 Å². The van der Waals surface area contributed by atoms with Gasteiger partial charge in [-0.3, -0.25) is 15.1 Å². The second kappa shape index (κ2) is 21.7. The van der Waals surface area contributed by atoms with Gasteiger partial charge in [0.25, 0.3) is 11.8 Å². The second-order valence-electron chi connectivity index (χ2n) is 14.4. The van der Waals surface area contributed by atoms with E-state index in [-0.39, 0.29) is 59.3 Å². The van der Waals surface area contributed by atoms with E-state index in [1.165, 1.54) is 14.2 Å². The van der Waals surface area contributed by atoms with Gasteiger partial charge in [0.2, 0.25) is 22.9 Å². The molecule has 0 bridgehead atoms. The quantitative estimate of drug-likeness (QED) is 0.0847. The molecule has 0 amide bonds. The van der Waals surface area contributed by atoms with Crippen molar-refractivity contribution in [3.63, 3.8) is 0 Å². The molecule has 7 heterocycles. The van der Waals surface area contributed by atoms with E-state index >= 15 is 8.78 Å². The maximum Gasteiger partial charge on any atom is 0.258 e. The van der Waals surface area contributed by atoms with E-state index in [2.05, 4.69) is 57.6 Å². The highest BCUT2D eigenvalue weighted by Gasteiger charge is 2.31.